The van der Waals surface area contributed by atoms with Crippen molar-refractivity contribution < 1.29 is 4.74 Å². The normalized spacial score (nSPS) is 10.2. The monoisotopic (exact) mass is 327 g/mol. The number of aromatic nitrogens is 2. The fourth-order valence-electron chi connectivity index (χ4n) is 1.46. The van der Waals surface area contributed by atoms with Gasteiger partial charge in [-0.15, -0.1) is 0 Å². The van der Waals surface area contributed by atoms with E-state index in [2.05, 4.69) is 31.2 Å². The second-order valence-corrected chi connectivity index (χ2v) is 4.91. The van der Waals surface area contributed by atoms with Crippen LogP contribution in [0.3, 0.4) is 0 Å². The van der Waals surface area contributed by atoms with Gasteiger partial charge in [-0.1, -0.05) is 11.6 Å². The lowest BCUT2D eigenvalue weighted by Gasteiger charge is -2.13. The van der Waals surface area contributed by atoms with E-state index in [1.54, 1.807) is 19.4 Å². The topological polar surface area (TPSA) is 47.0 Å². The zero-order valence-electron chi connectivity index (χ0n) is 9.87. The van der Waals surface area contributed by atoms with Gasteiger partial charge in [0.1, 0.15) is 17.9 Å². The molecule has 0 bridgehead atoms. The van der Waals surface area contributed by atoms with E-state index in [0.717, 1.165) is 15.7 Å². The average Bonchev–Trinajstić information content (AvgIpc) is 2.36. The molecule has 1 aromatic heterocycles. The van der Waals surface area contributed by atoms with Crippen LogP contribution < -0.4 is 10.1 Å². The van der Waals surface area contributed by atoms with Gasteiger partial charge in [-0.05, 0) is 34.5 Å². The minimum atomic E-state index is 0.663. The number of hydrogen-bond acceptors (Lipinski definition) is 4. The van der Waals surface area contributed by atoms with Gasteiger partial charge in [0.05, 0.1) is 17.3 Å². The third-order valence-corrected chi connectivity index (χ3v) is 3.39. The van der Waals surface area contributed by atoms with Gasteiger partial charge in [0.25, 0.3) is 0 Å². The first kappa shape index (κ1) is 13.1. The molecule has 94 valence electrons. The molecule has 0 saturated carbocycles. The van der Waals surface area contributed by atoms with Gasteiger partial charge in [0.15, 0.2) is 0 Å². The zero-order chi connectivity index (χ0) is 13.1. The maximum atomic E-state index is 6.06. The number of methoxy groups -OCH3 is 1. The first-order chi connectivity index (χ1) is 8.61. The first-order valence-corrected chi connectivity index (χ1v) is 6.35. The van der Waals surface area contributed by atoms with Crippen LogP contribution in [-0.2, 0) is 0 Å². The van der Waals surface area contributed by atoms with E-state index in [4.69, 9.17) is 16.3 Å². The Bertz CT molecular complexity index is 577. The molecule has 0 atom stereocenters. The Morgan fingerprint density at radius 3 is 2.83 bits per heavy atom. The van der Waals surface area contributed by atoms with E-state index < -0.39 is 0 Å². The second-order valence-electron chi connectivity index (χ2n) is 3.65. The van der Waals surface area contributed by atoms with Crippen molar-refractivity contribution in [1.29, 1.82) is 0 Å². The van der Waals surface area contributed by atoms with Crippen molar-refractivity contribution in [2.45, 2.75) is 6.92 Å². The molecule has 1 heterocycles. The van der Waals surface area contributed by atoms with Gasteiger partial charge in [-0.25, -0.2) is 9.97 Å². The van der Waals surface area contributed by atoms with Gasteiger partial charge in [-0.2, -0.15) is 0 Å². The summed E-state index contributed by atoms with van der Waals surface area (Å²) < 4.78 is 6.07. The number of aryl methyl sites for hydroxylation is 1. The summed E-state index contributed by atoms with van der Waals surface area (Å²) in [6.07, 6.45) is 3.15. The SMILES string of the molecule is COc1cc(Cl)c(C)cc1Nc1ncncc1Br. The van der Waals surface area contributed by atoms with Gasteiger partial charge in [0, 0.05) is 17.3 Å². The van der Waals surface area contributed by atoms with Crippen LogP contribution in [-0.4, -0.2) is 17.1 Å². The van der Waals surface area contributed by atoms with Crippen LogP contribution in [0, 0.1) is 6.92 Å². The van der Waals surface area contributed by atoms with Crippen LogP contribution >= 0.6 is 27.5 Å². The molecule has 4 nitrogen and oxygen atoms in total. The molecule has 0 fully saturated rings. The van der Waals surface area contributed by atoms with Crippen LogP contribution in [0.15, 0.2) is 29.1 Å². The third-order valence-electron chi connectivity index (χ3n) is 2.40. The van der Waals surface area contributed by atoms with Crippen molar-refractivity contribution in [2.75, 3.05) is 12.4 Å². The van der Waals surface area contributed by atoms with E-state index in [0.29, 0.717) is 16.6 Å². The Labute approximate surface area is 118 Å². The number of benzene rings is 1. The standard InChI is InChI=1S/C12H11BrClN3O/c1-7-3-10(11(18-2)4-9(7)14)17-12-8(13)5-15-6-16-12/h3-6H,1-2H3,(H,15,16,17). The molecule has 0 spiro atoms. The highest BCUT2D eigenvalue weighted by Gasteiger charge is 2.09. The molecule has 2 aromatic rings. The predicted molar refractivity (Wildman–Crippen MR) is 75.8 cm³/mol. The van der Waals surface area contributed by atoms with E-state index in [1.807, 2.05) is 13.0 Å². The van der Waals surface area contributed by atoms with Crippen molar-refractivity contribution in [3.05, 3.63) is 39.7 Å². The van der Waals surface area contributed by atoms with E-state index in [1.165, 1.54) is 6.33 Å². The average molecular weight is 329 g/mol. The van der Waals surface area contributed by atoms with Crippen molar-refractivity contribution >= 4 is 39.0 Å². The summed E-state index contributed by atoms with van der Waals surface area (Å²) in [5.41, 5.74) is 1.77. The maximum Gasteiger partial charge on any atom is 0.148 e. The molecule has 0 saturated heterocycles. The van der Waals surface area contributed by atoms with Gasteiger partial charge >= 0.3 is 0 Å². The molecule has 0 unspecified atom stereocenters. The summed E-state index contributed by atoms with van der Waals surface area (Å²) in [5, 5.41) is 3.84. The van der Waals surface area contributed by atoms with Gasteiger partial charge in [0.2, 0.25) is 0 Å². The van der Waals surface area contributed by atoms with Gasteiger partial charge in [-0.3, -0.25) is 0 Å². The molecule has 0 aliphatic rings. The van der Waals surface area contributed by atoms with Crippen LogP contribution in [0.25, 0.3) is 0 Å². The van der Waals surface area contributed by atoms with E-state index in [-0.39, 0.29) is 0 Å². The van der Waals surface area contributed by atoms with E-state index >= 15 is 0 Å². The number of halogens is 2. The molecule has 0 aliphatic heterocycles. The Kier molecular flexibility index (Phi) is 4.04. The Hall–Kier alpha value is -1.33. The lowest BCUT2D eigenvalue weighted by molar-refractivity contribution is 0.416. The van der Waals surface area contributed by atoms with Crippen molar-refractivity contribution in [2.24, 2.45) is 0 Å². The molecule has 0 amide bonds. The molecular formula is C12H11BrClN3O. The van der Waals surface area contributed by atoms with Gasteiger partial charge < -0.3 is 10.1 Å². The molecule has 2 rings (SSSR count). The number of rotatable bonds is 3. The molecule has 1 N–H and O–H groups in total. The fraction of sp³-hybridized carbons (Fsp3) is 0.167. The third kappa shape index (κ3) is 2.73. The zero-order valence-corrected chi connectivity index (χ0v) is 12.2. The largest absolute Gasteiger partial charge is 0.495 e. The second kappa shape index (κ2) is 5.54. The Morgan fingerprint density at radius 1 is 1.39 bits per heavy atom. The summed E-state index contributed by atoms with van der Waals surface area (Å²) >= 11 is 9.44. The summed E-state index contributed by atoms with van der Waals surface area (Å²) in [6.45, 7) is 1.93. The number of nitrogens with one attached hydrogen (secondary N) is 1. The van der Waals surface area contributed by atoms with Crippen molar-refractivity contribution in [3.8, 4) is 5.75 Å². The Balaban J connectivity index is 2.40. The Morgan fingerprint density at radius 2 is 2.17 bits per heavy atom. The van der Waals surface area contributed by atoms with Crippen molar-refractivity contribution in [3.63, 3.8) is 0 Å². The highest BCUT2D eigenvalue weighted by Crippen LogP contribution is 2.33. The van der Waals surface area contributed by atoms with Crippen LogP contribution in [0.4, 0.5) is 11.5 Å². The molecular weight excluding hydrogens is 318 g/mol. The minimum Gasteiger partial charge on any atom is -0.495 e. The predicted octanol–water partition coefficient (Wildman–Crippen LogP) is 3.95. The number of anilines is 2. The highest BCUT2D eigenvalue weighted by atomic mass is 79.9. The number of nitrogens with zero attached hydrogens (tertiary/aromatic N) is 2. The van der Waals surface area contributed by atoms with Crippen LogP contribution in [0.2, 0.25) is 5.02 Å². The number of ether oxygens (including phenoxy) is 1. The fourth-order valence-corrected chi connectivity index (χ4v) is 1.94. The summed E-state index contributed by atoms with van der Waals surface area (Å²) in [7, 11) is 1.60. The molecule has 0 aliphatic carbocycles. The molecule has 18 heavy (non-hydrogen) atoms. The van der Waals surface area contributed by atoms with Crippen LogP contribution in [0.1, 0.15) is 5.56 Å². The lowest BCUT2D eigenvalue weighted by Crippen LogP contribution is -1.98. The lowest BCUT2D eigenvalue weighted by atomic mass is 10.2. The minimum absolute atomic E-state index is 0.663. The highest BCUT2D eigenvalue weighted by molar-refractivity contribution is 9.10. The number of hydrogen-bond donors (Lipinski definition) is 1. The van der Waals surface area contributed by atoms with Crippen LogP contribution in [0.5, 0.6) is 5.75 Å². The molecule has 1 aromatic carbocycles. The first-order valence-electron chi connectivity index (χ1n) is 5.18. The summed E-state index contributed by atoms with van der Waals surface area (Å²) in [4.78, 5) is 8.05. The summed E-state index contributed by atoms with van der Waals surface area (Å²) in [6, 6.07) is 3.68. The summed E-state index contributed by atoms with van der Waals surface area (Å²) in [5.74, 6) is 1.33. The quantitative estimate of drug-likeness (QED) is 0.926. The molecule has 0 radical (unpaired) electrons. The molecule has 6 heteroatoms. The maximum absolute atomic E-state index is 6.06. The van der Waals surface area contributed by atoms with E-state index in [9.17, 15) is 0 Å². The smallest absolute Gasteiger partial charge is 0.148 e. The van der Waals surface area contributed by atoms with Crippen molar-refractivity contribution in [1.82, 2.24) is 9.97 Å².